The number of aliphatic hydroxyl groups is 2. The van der Waals surface area contributed by atoms with E-state index in [0.29, 0.717) is 5.13 Å². The van der Waals surface area contributed by atoms with E-state index in [9.17, 15) is 0 Å². The van der Waals surface area contributed by atoms with Crippen molar-refractivity contribution in [2.24, 2.45) is 0 Å². The van der Waals surface area contributed by atoms with Crippen molar-refractivity contribution in [3.63, 3.8) is 0 Å². The van der Waals surface area contributed by atoms with E-state index in [2.05, 4.69) is 15.5 Å². The number of aromatic nitrogens is 2. The molecule has 0 saturated heterocycles. The summed E-state index contributed by atoms with van der Waals surface area (Å²) in [5, 5.41) is 28.0. The van der Waals surface area contributed by atoms with Crippen molar-refractivity contribution in [1.82, 2.24) is 10.2 Å². The van der Waals surface area contributed by atoms with Gasteiger partial charge in [-0.2, -0.15) is 0 Å². The van der Waals surface area contributed by atoms with Crippen LogP contribution in [0.5, 0.6) is 0 Å². The molecule has 0 bridgehead atoms. The highest BCUT2D eigenvalue weighted by atomic mass is 32.1. The molecular weight excluding hydrogens is 166 g/mol. The Bertz CT molecular complexity index is 188. The number of nitrogens with zero attached hydrogens (tertiary/aromatic N) is 2. The number of hydrogen-bond donors (Lipinski definition) is 3. The molecule has 0 fully saturated rings. The minimum Gasteiger partial charge on any atom is -0.394 e. The SMILES string of the molecule is OCC(CO)Nc1nncs1. The summed E-state index contributed by atoms with van der Waals surface area (Å²) in [4.78, 5) is 0. The molecule has 0 saturated carbocycles. The summed E-state index contributed by atoms with van der Waals surface area (Å²) >= 11 is 1.33. The van der Waals surface area contributed by atoms with Gasteiger partial charge in [-0.25, -0.2) is 0 Å². The normalized spacial score (nSPS) is 10.5. The van der Waals surface area contributed by atoms with E-state index in [1.54, 1.807) is 5.51 Å². The number of nitrogens with one attached hydrogen (secondary N) is 1. The topological polar surface area (TPSA) is 78.3 Å². The van der Waals surface area contributed by atoms with E-state index in [4.69, 9.17) is 10.2 Å². The maximum Gasteiger partial charge on any atom is 0.205 e. The quantitative estimate of drug-likeness (QED) is 0.564. The molecule has 3 N–H and O–H groups in total. The highest BCUT2D eigenvalue weighted by Crippen LogP contribution is 2.08. The van der Waals surface area contributed by atoms with Crippen LogP contribution in [0.4, 0.5) is 5.13 Å². The second kappa shape index (κ2) is 4.22. The van der Waals surface area contributed by atoms with Crippen LogP contribution < -0.4 is 5.32 Å². The fourth-order valence-electron chi connectivity index (χ4n) is 0.560. The molecule has 11 heavy (non-hydrogen) atoms. The molecule has 1 heterocycles. The largest absolute Gasteiger partial charge is 0.394 e. The number of anilines is 1. The zero-order valence-electron chi connectivity index (χ0n) is 5.77. The Labute approximate surface area is 67.7 Å². The Morgan fingerprint density at radius 2 is 2.27 bits per heavy atom. The molecule has 0 amide bonds. The van der Waals surface area contributed by atoms with Crippen LogP contribution in [-0.4, -0.2) is 39.7 Å². The Morgan fingerprint density at radius 3 is 2.73 bits per heavy atom. The van der Waals surface area contributed by atoms with Crippen molar-refractivity contribution in [2.45, 2.75) is 6.04 Å². The third kappa shape index (κ3) is 2.41. The van der Waals surface area contributed by atoms with E-state index >= 15 is 0 Å². The third-order valence-electron chi connectivity index (χ3n) is 1.13. The molecule has 1 aromatic heterocycles. The molecule has 5 nitrogen and oxygen atoms in total. The van der Waals surface area contributed by atoms with Crippen LogP contribution in [0.15, 0.2) is 5.51 Å². The van der Waals surface area contributed by atoms with Gasteiger partial charge >= 0.3 is 0 Å². The fraction of sp³-hybridized carbons (Fsp3) is 0.600. The van der Waals surface area contributed by atoms with Crippen molar-refractivity contribution >= 4 is 16.5 Å². The van der Waals surface area contributed by atoms with E-state index in [1.807, 2.05) is 0 Å². The van der Waals surface area contributed by atoms with E-state index in [1.165, 1.54) is 11.3 Å². The van der Waals surface area contributed by atoms with Crippen molar-refractivity contribution in [2.75, 3.05) is 18.5 Å². The minimum atomic E-state index is -0.344. The van der Waals surface area contributed by atoms with Crippen LogP contribution in [0, 0.1) is 0 Å². The monoisotopic (exact) mass is 175 g/mol. The van der Waals surface area contributed by atoms with Crippen LogP contribution >= 0.6 is 11.3 Å². The third-order valence-corrected chi connectivity index (χ3v) is 1.75. The van der Waals surface area contributed by atoms with Gasteiger partial charge in [-0.3, -0.25) is 0 Å². The average molecular weight is 175 g/mol. The molecule has 0 radical (unpaired) electrons. The molecule has 0 aliphatic carbocycles. The van der Waals surface area contributed by atoms with E-state index in [0.717, 1.165) is 0 Å². The van der Waals surface area contributed by atoms with Gasteiger partial charge in [0.25, 0.3) is 0 Å². The van der Waals surface area contributed by atoms with Crippen molar-refractivity contribution in [1.29, 1.82) is 0 Å². The highest BCUT2D eigenvalue weighted by molar-refractivity contribution is 7.13. The van der Waals surface area contributed by atoms with Crippen LogP contribution in [0.1, 0.15) is 0 Å². The fourth-order valence-corrected chi connectivity index (χ4v) is 1.08. The van der Waals surface area contributed by atoms with Gasteiger partial charge in [0.2, 0.25) is 5.13 Å². The lowest BCUT2D eigenvalue weighted by Gasteiger charge is -2.10. The van der Waals surface area contributed by atoms with Crippen molar-refractivity contribution in [3.05, 3.63) is 5.51 Å². The molecule has 0 aliphatic heterocycles. The van der Waals surface area contributed by atoms with Gasteiger partial charge in [-0.05, 0) is 0 Å². The maximum atomic E-state index is 8.66. The highest BCUT2D eigenvalue weighted by Gasteiger charge is 2.05. The summed E-state index contributed by atoms with van der Waals surface area (Å²) in [6, 6.07) is -0.344. The van der Waals surface area contributed by atoms with Crippen LogP contribution in [0.2, 0.25) is 0 Å². The molecule has 0 spiro atoms. The van der Waals surface area contributed by atoms with Gasteiger partial charge in [-0.1, -0.05) is 11.3 Å². The Morgan fingerprint density at radius 1 is 1.55 bits per heavy atom. The first-order chi connectivity index (χ1) is 5.36. The first kappa shape index (κ1) is 8.38. The van der Waals surface area contributed by atoms with Crippen molar-refractivity contribution < 1.29 is 10.2 Å². The average Bonchev–Trinajstić information content (AvgIpc) is 2.52. The summed E-state index contributed by atoms with van der Waals surface area (Å²) in [6.45, 7) is -0.230. The molecule has 0 atom stereocenters. The van der Waals surface area contributed by atoms with E-state index < -0.39 is 0 Å². The Kier molecular flexibility index (Phi) is 3.21. The van der Waals surface area contributed by atoms with Gasteiger partial charge in [0, 0.05) is 0 Å². The first-order valence-electron chi connectivity index (χ1n) is 3.11. The molecule has 1 rings (SSSR count). The second-order valence-electron chi connectivity index (χ2n) is 1.95. The smallest absolute Gasteiger partial charge is 0.205 e. The zero-order valence-corrected chi connectivity index (χ0v) is 6.58. The molecule has 6 heteroatoms. The summed E-state index contributed by atoms with van der Waals surface area (Å²) in [5.74, 6) is 0. The van der Waals surface area contributed by atoms with Gasteiger partial charge in [-0.15, -0.1) is 10.2 Å². The standard InChI is InChI=1S/C5H9N3O2S/c9-1-4(2-10)7-5-8-6-3-11-5/h3-4,9-10H,1-2H2,(H,7,8). The molecular formula is C5H9N3O2S. The van der Waals surface area contributed by atoms with E-state index in [-0.39, 0.29) is 19.3 Å². The van der Waals surface area contributed by atoms with Crippen LogP contribution in [-0.2, 0) is 0 Å². The summed E-state index contributed by atoms with van der Waals surface area (Å²) in [5.41, 5.74) is 1.58. The Hall–Kier alpha value is -0.720. The number of rotatable bonds is 4. The molecule has 62 valence electrons. The minimum absolute atomic E-state index is 0.115. The molecule has 0 aliphatic rings. The summed E-state index contributed by atoms with van der Waals surface area (Å²) in [7, 11) is 0. The van der Waals surface area contributed by atoms with Gasteiger partial charge in [0.15, 0.2) is 0 Å². The van der Waals surface area contributed by atoms with Gasteiger partial charge in [0.05, 0.1) is 19.3 Å². The first-order valence-corrected chi connectivity index (χ1v) is 3.99. The Balaban J connectivity index is 2.41. The predicted octanol–water partition coefficient (Wildman–Crippen LogP) is -0.697. The number of aliphatic hydroxyl groups excluding tert-OH is 2. The number of hydrogen-bond acceptors (Lipinski definition) is 6. The summed E-state index contributed by atoms with van der Waals surface area (Å²) < 4.78 is 0. The lowest BCUT2D eigenvalue weighted by molar-refractivity contribution is 0.204. The predicted molar refractivity (Wildman–Crippen MR) is 41.5 cm³/mol. The van der Waals surface area contributed by atoms with Crippen LogP contribution in [0.25, 0.3) is 0 Å². The van der Waals surface area contributed by atoms with Crippen LogP contribution in [0.3, 0.4) is 0 Å². The van der Waals surface area contributed by atoms with Crippen molar-refractivity contribution in [3.8, 4) is 0 Å². The van der Waals surface area contributed by atoms with Gasteiger partial charge < -0.3 is 15.5 Å². The molecule has 0 aromatic carbocycles. The molecule has 1 aromatic rings. The van der Waals surface area contributed by atoms with Gasteiger partial charge in [0.1, 0.15) is 5.51 Å². The lowest BCUT2D eigenvalue weighted by Crippen LogP contribution is -2.27. The second-order valence-corrected chi connectivity index (χ2v) is 2.78. The molecule has 0 unspecified atom stereocenters. The lowest BCUT2D eigenvalue weighted by atomic mass is 10.3. The summed E-state index contributed by atoms with van der Waals surface area (Å²) in [6.07, 6.45) is 0. The zero-order chi connectivity index (χ0) is 8.10. The maximum absolute atomic E-state index is 8.66.